The molecule has 0 aliphatic carbocycles. The SMILES string of the molecule is Cc1ncsc1C(=O)N1CCC(F)(C(=O)O)C1. The van der Waals surface area contributed by atoms with Gasteiger partial charge < -0.3 is 10.0 Å². The Morgan fingerprint density at radius 2 is 2.35 bits per heavy atom. The molecule has 2 rings (SSSR count). The van der Waals surface area contributed by atoms with Crippen molar-refractivity contribution in [3.8, 4) is 0 Å². The Morgan fingerprint density at radius 1 is 1.65 bits per heavy atom. The molecule has 1 unspecified atom stereocenters. The summed E-state index contributed by atoms with van der Waals surface area (Å²) in [5, 5.41) is 8.73. The number of alkyl halides is 1. The largest absolute Gasteiger partial charge is 0.479 e. The number of amides is 1. The minimum absolute atomic E-state index is 0.124. The highest BCUT2D eigenvalue weighted by Crippen LogP contribution is 2.28. The molecule has 1 N–H and O–H groups in total. The average Bonchev–Trinajstić information content (AvgIpc) is 2.85. The van der Waals surface area contributed by atoms with Crippen LogP contribution in [0.2, 0.25) is 0 Å². The van der Waals surface area contributed by atoms with Crippen LogP contribution < -0.4 is 0 Å². The number of thiazole rings is 1. The number of carboxylic acids is 1. The molecule has 0 spiro atoms. The number of aromatic nitrogens is 1. The van der Waals surface area contributed by atoms with Crippen LogP contribution in [0.1, 0.15) is 21.8 Å². The van der Waals surface area contributed by atoms with Gasteiger partial charge in [0.15, 0.2) is 0 Å². The molecule has 1 amide bonds. The molecule has 2 heterocycles. The topological polar surface area (TPSA) is 70.5 Å². The molecule has 0 bridgehead atoms. The Balaban J connectivity index is 2.15. The first-order chi connectivity index (χ1) is 7.94. The van der Waals surface area contributed by atoms with Gasteiger partial charge in [-0.05, 0) is 6.92 Å². The molecular formula is C10H11FN2O3S. The van der Waals surface area contributed by atoms with E-state index in [4.69, 9.17) is 5.11 Å². The lowest BCUT2D eigenvalue weighted by Crippen LogP contribution is -2.38. The van der Waals surface area contributed by atoms with Gasteiger partial charge in [-0.25, -0.2) is 14.2 Å². The Hall–Kier alpha value is -1.50. The van der Waals surface area contributed by atoms with E-state index in [0.29, 0.717) is 10.6 Å². The van der Waals surface area contributed by atoms with E-state index in [0.717, 1.165) is 0 Å². The molecule has 0 saturated carbocycles. The quantitative estimate of drug-likeness (QED) is 0.862. The molecule has 17 heavy (non-hydrogen) atoms. The number of nitrogens with zero attached hydrogens (tertiary/aromatic N) is 2. The van der Waals surface area contributed by atoms with Crippen LogP contribution in [0, 0.1) is 6.92 Å². The van der Waals surface area contributed by atoms with Gasteiger partial charge in [-0.1, -0.05) is 0 Å². The van der Waals surface area contributed by atoms with Crippen molar-refractivity contribution in [3.05, 3.63) is 16.1 Å². The van der Waals surface area contributed by atoms with Crippen molar-refractivity contribution in [3.63, 3.8) is 0 Å². The molecule has 1 atom stereocenters. The first kappa shape index (κ1) is 12.0. The Bertz CT molecular complexity index is 476. The van der Waals surface area contributed by atoms with E-state index in [9.17, 15) is 14.0 Å². The Labute approximate surface area is 101 Å². The van der Waals surface area contributed by atoms with E-state index in [-0.39, 0.29) is 18.9 Å². The van der Waals surface area contributed by atoms with Gasteiger partial charge in [0.2, 0.25) is 5.67 Å². The van der Waals surface area contributed by atoms with Gasteiger partial charge in [-0.3, -0.25) is 4.79 Å². The summed E-state index contributed by atoms with van der Waals surface area (Å²) in [7, 11) is 0. The number of rotatable bonds is 2. The third kappa shape index (κ3) is 2.02. The Kier molecular flexibility index (Phi) is 2.86. The van der Waals surface area contributed by atoms with E-state index >= 15 is 0 Å². The van der Waals surface area contributed by atoms with Crippen molar-refractivity contribution in [1.29, 1.82) is 0 Å². The number of carbonyl (C=O) groups is 2. The van der Waals surface area contributed by atoms with Crippen molar-refractivity contribution in [2.75, 3.05) is 13.1 Å². The maximum Gasteiger partial charge on any atom is 0.343 e. The van der Waals surface area contributed by atoms with Gasteiger partial charge in [0.1, 0.15) is 4.88 Å². The minimum Gasteiger partial charge on any atom is -0.479 e. The van der Waals surface area contributed by atoms with Crippen molar-refractivity contribution in [2.24, 2.45) is 0 Å². The second-order valence-electron chi connectivity index (χ2n) is 4.01. The highest BCUT2D eigenvalue weighted by atomic mass is 32.1. The molecular weight excluding hydrogens is 247 g/mol. The third-order valence-electron chi connectivity index (χ3n) is 2.83. The van der Waals surface area contributed by atoms with Gasteiger partial charge in [-0.2, -0.15) is 0 Å². The standard InChI is InChI=1S/C10H11FN2O3S/c1-6-7(17-5-12-6)8(14)13-3-2-10(11,4-13)9(15)16/h5H,2-4H2,1H3,(H,15,16). The first-order valence-corrected chi connectivity index (χ1v) is 5.94. The van der Waals surface area contributed by atoms with Gasteiger partial charge >= 0.3 is 5.97 Å². The number of likely N-dealkylation sites (tertiary alicyclic amines) is 1. The number of aryl methyl sites for hydroxylation is 1. The molecule has 1 aliphatic rings. The van der Waals surface area contributed by atoms with E-state index in [1.54, 1.807) is 12.4 Å². The zero-order valence-electron chi connectivity index (χ0n) is 9.14. The van der Waals surface area contributed by atoms with Crippen LogP contribution in [0.5, 0.6) is 0 Å². The van der Waals surface area contributed by atoms with Crippen LogP contribution in [-0.2, 0) is 4.79 Å². The van der Waals surface area contributed by atoms with E-state index in [1.165, 1.54) is 16.2 Å². The molecule has 1 aliphatic heterocycles. The molecule has 1 fully saturated rings. The monoisotopic (exact) mass is 258 g/mol. The molecule has 7 heteroatoms. The number of hydrogen-bond donors (Lipinski definition) is 1. The second-order valence-corrected chi connectivity index (χ2v) is 4.87. The van der Waals surface area contributed by atoms with Crippen LogP contribution in [0.3, 0.4) is 0 Å². The predicted molar refractivity (Wildman–Crippen MR) is 58.8 cm³/mol. The molecule has 1 aromatic rings. The molecule has 5 nitrogen and oxygen atoms in total. The second kappa shape index (κ2) is 4.06. The summed E-state index contributed by atoms with van der Waals surface area (Å²) in [6.45, 7) is 1.43. The fourth-order valence-electron chi connectivity index (χ4n) is 1.77. The molecule has 1 saturated heterocycles. The zero-order chi connectivity index (χ0) is 12.6. The van der Waals surface area contributed by atoms with Crippen molar-refractivity contribution in [1.82, 2.24) is 9.88 Å². The number of halogens is 1. The molecule has 92 valence electrons. The number of aliphatic carboxylic acids is 1. The number of carbonyl (C=O) groups excluding carboxylic acids is 1. The van der Waals surface area contributed by atoms with Gasteiger partial charge in [0.25, 0.3) is 5.91 Å². The normalized spacial score (nSPS) is 24.0. The van der Waals surface area contributed by atoms with Crippen LogP contribution in [0.4, 0.5) is 4.39 Å². The van der Waals surface area contributed by atoms with Crippen LogP contribution >= 0.6 is 11.3 Å². The lowest BCUT2D eigenvalue weighted by molar-refractivity contribution is -0.149. The summed E-state index contributed by atoms with van der Waals surface area (Å²) in [6, 6.07) is 0. The molecule has 1 aromatic heterocycles. The van der Waals surface area contributed by atoms with E-state index < -0.39 is 18.2 Å². The van der Waals surface area contributed by atoms with Crippen LogP contribution in [0.15, 0.2) is 5.51 Å². The minimum atomic E-state index is -2.31. The van der Waals surface area contributed by atoms with Crippen molar-refractivity contribution in [2.45, 2.75) is 19.0 Å². The van der Waals surface area contributed by atoms with Crippen LogP contribution in [-0.4, -0.2) is 45.6 Å². The van der Waals surface area contributed by atoms with Gasteiger partial charge in [0, 0.05) is 13.0 Å². The highest BCUT2D eigenvalue weighted by Gasteiger charge is 2.47. The van der Waals surface area contributed by atoms with Gasteiger partial charge in [-0.15, -0.1) is 11.3 Å². The number of carboxylic acid groups (broad SMARTS) is 1. The van der Waals surface area contributed by atoms with Crippen molar-refractivity contribution >= 4 is 23.2 Å². The average molecular weight is 258 g/mol. The summed E-state index contributed by atoms with van der Waals surface area (Å²) in [4.78, 5) is 28.3. The lowest BCUT2D eigenvalue weighted by atomic mass is 10.1. The summed E-state index contributed by atoms with van der Waals surface area (Å²) in [5.41, 5.74) is -0.182. The zero-order valence-corrected chi connectivity index (χ0v) is 9.96. The van der Waals surface area contributed by atoms with Gasteiger partial charge in [0.05, 0.1) is 17.7 Å². The maximum atomic E-state index is 13.8. The van der Waals surface area contributed by atoms with Crippen molar-refractivity contribution < 1.29 is 19.1 Å². The fourth-order valence-corrected chi connectivity index (χ4v) is 2.54. The summed E-state index contributed by atoms with van der Waals surface area (Å²) >= 11 is 1.18. The summed E-state index contributed by atoms with van der Waals surface area (Å²) < 4.78 is 13.8. The first-order valence-electron chi connectivity index (χ1n) is 5.06. The summed E-state index contributed by atoms with van der Waals surface area (Å²) in [5.74, 6) is -1.85. The fraction of sp³-hybridized carbons (Fsp3) is 0.500. The van der Waals surface area contributed by atoms with E-state index in [2.05, 4.69) is 4.98 Å². The molecule has 0 aromatic carbocycles. The smallest absolute Gasteiger partial charge is 0.343 e. The third-order valence-corrected chi connectivity index (χ3v) is 3.75. The lowest BCUT2D eigenvalue weighted by Gasteiger charge is -2.17. The summed E-state index contributed by atoms with van der Waals surface area (Å²) in [6.07, 6.45) is -0.161. The highest BCUT2D eigenvalue weighted by molar-refractivity contribution is 7.11. The van der Waals surface area contributed by atoms with E-state index in [1.807, 2.05) is 0 Å². The Morgan fingerprint density at radius 3 is 2.82 bits per heavy atom. The van der Waals surface area contributed by atoms with Crippen LogP contribution in [0.25, 0.3) is 0 Å². The molecule has 0 radical (unpaired) electrons. The number of hydrogen-bond acceptors (Lipinski definition) is 4. The maximum absolute atomic E-state index is 13.8. The predicted octanol–water partition coefficient (Wildman–Crippen LogP) is 1.09.